The molecule has 2 rings (SSSR count). The summed E-state index contributed by atoms with van der Waals surface area (Å²) >= 11 is 0. The van der Waals surface area contributed by atoms with E-state index in [0.29, 0.717) is 11.3 Å². The van der Waals surface area contributed by atoms with Gasteiger partial charge in [0.25, 0.3) is 0 Å². The van der Waals surface area contributed by atoms with Crippen molar-refractivity contribution >= 4 is 0 Å². The Morgan fingerprint density at radius 1 is 1.11 bits per heavy atom. The largest absolute Gasteiger partial charge is 0.362 e. The molecule has 1 aromatic heterocycles. The lowest BCUT2D eigenvalue weighted by Crippen LogP contribution is -2.27. The quantitative estimate of drug-likeness (QED) is 0.802. The molecule has 0 spiro atoms. The molecule has 1 heterocycles. The summed E-state index contributed by atoms with van der Waals surface area (Å²) in [5.41, 5.74) is 3.71. The van der Waals surface area contributed by atoms with E-state index in [9.17, 15) is 4.79 Å². The summed E-state index contributed by atoms with van der Waals surface area (Å²) in [5, 5.41) is 0. The van der Waals surface area contributed by atoms with Gasteiger partial charge in [0.1, 0.15) is 0 Å². The fraction of sp³-hybridized carbons (Fsp3) is 0.706. The molecular weight excluding hydrogens is 234 g/mol. The van der Waals surface area contributed by atoms with Crippen LogP contribution >= 0.6 is 0 Å². The summed E-state index contributed by atoms with van der Waals surface area (Å²) < 4.78 is 0. The van der Waals surface area contributed by atoms with Crippen LogP contribution in [-0.2, 0) is 0 Å². The van der Waals surface area contributed by atoms with Crippen molar-refractivity contribution in [1.82, 2.24) is 4.98 Å². The average molecular weight is 261 g/mol. The van der Waals surface area contributed by atoms with Crippen LogP contribution in [0, 0.1) is 25.2 Å². The van der Waals surface area contributed by atoms with Gasteiger partial charge in [-0.3, -0.25) is 4.79 Å². The standard InChI is InChI=1S/C17H27NO/c1-11-10-15(19)16(12(2)18-11)13-6-8-14(9-7-13)17(3,4)5/h10,13-14H,6-9H2,1-5H3,(H,18,19). The number of aromatic nitrogens is 1. The van der Waals surface area contributed by atoms with E-state index in [2.05, 4.69) is 25.8 Å². The van der Waals surface area contributed by atoms with Gasteiger partial charge in [-0.25, -0.2) is 0 Å². The van der Waals surface area contributed by atoms with Crippen LogP contribution in [0.4, 0.5) is 0 Å². The third-order valence-electron chi connectivity index (χ3n) is 4.76. The molecule has 1 fully saturated rings. The third-order valence-corrected chi connectivity index (χ3v) is 4.76. The van der Waals surface area contributed by atoms with Gasteiger partial charge in [0.05, 0.1) is 0 Å². The van der Waals surface area contributed by atoms with Crippen molar-refractivity contribution in [2.24, 2.45) is 11.3 Å². The van der Waals surface area contributed by atoms with Gasteiger partial charge in [-0.15, -0.1) is 0 Å². The molecular formula is C17H27NO. The second-order valence-corrected chi connectivity index (χ2v) is 7.27. The van der Waals surface area contributed by atoms with E-state index in [4.69, 9.17) is 0 Å². The first-order valence-corrected chi connectivity index (χ1v) is 7.49. The van der Waals surface area contributed by atoms with Gasteiger partial charge in [-0.2, -0.15) is 0 Å². The van der Waals surface area contributed by atoms with Gasteiger partial charge < -0.3 is 4.98 Å². The van der Waals surface area contributed by atoms with Crippen LogP contribution in [0.3, 0.4) is 0 Å². The maximum absolute atomic E-state index is 12.2. The van der Waals surface area contributed by atoms with Crippen LogP contribution in [0.15, 0.2) is 10.9 Å². The zero-order chi connectivity index (χ0) is 14.2. The van der Waals surface area contributed by atoms with Crippen molar-refractivity contribution < 1.29 is 0 Å². The summed E-state index contributed by atoms with van der Waals surface area (Å²) in [5.74, 6) is 1.26. The maximum Gasteiger partial charge on any atom is 0.185 e. The minimum absolute atomic E-state index is 0.230. The first-order valence-electron chi connectivity index (χ1n) is 7.49. The Hall–Kier alpha value is -1.05. The van der Waals surface area contributed by atoms with E-state index >= 15 is 0 Å². The molecule has 2 heteroatoms. The van der Waals surface area contributed by atoms with Crippen LogP contribution < -0.4 is 5.43 Å². The highest BCUT2D eigenvalue weighted by Gasteiger charge is 2.31. The van der Waals surface area contributed by atoms with Crippen LogP contribution in [0.25, 0.3) is 0 Å². The van der Waals surface area contributed by atoms with E-state index in [1.54, 1.807) is 6.07 Å². The fourth-order valence-corrected chi connectivity index (χ4v) is 3.61. The lowest BCUT2D eigenvalue weighted by Gasteiger charge is -2.37. The number of aromatic amines is 1. The maximum atomic E-state index is 12.2. The Morgan fingerprint density at radius 3 is 2.16 bits per heavy atom. The Kier molecular flexibility index (Phi) is 3.89. The summed E-state index contributed by atoms with van der Waals surface area (Å²) in [6.45, 7) is 11.0. The molecule has 0 atom stereocenters. The minimum atomic E-state index is 0.230. The topological polar surface area (TPSA) is 32.9 Å². The van der Waals surface area contributed by atoms with Crippen molar-refractivity contribution in [3.05, 3.63) is 33.2 Å². The first kappa shape index (κ1) is 14.4. The van der Waals surface area contributed by atoms with Crippen LogP contribution in [0.1, 0.15) is 69.3 Å². The number of hydrogen-bond donors (Lipinski definition) is 1. The van der Waals surface area contributed by atoms with Gasteiger partial charge in [0.15, 0.2) is 5.43 Å². The van der Waals surface area contributed by atoms with Gasteiger partial charge in [0.2, 0.25) is 0 Å². The lowest BCUT2D eigenvalue weighted by molar-refractivity contribution is 0.168. The van der Waals surface area contributed by atoms with Crippen LogP contribution in [-0.4, -0.2) is 4.98 Å². The van der Waals surface area contributed by atoms with Crippen molar-refractivity contribution in [1.29, 1.82) is 0 Å². The summed E-state index contributed by atoms with van der Waals surface area (Å²) in [7, 11) is 0. The highest BCUT2D eigenvalue weighted by molar-refractivity contribution is 5.26. The zero-order valence-corrected chi connectivity index (χ0v) is 13.0. The van der Waals surface area contributed by atoms with E-state index < -0.39 is 0 Å². The van der Waals surface area contributed by atoms with Crippen molar-refractivity contribution in [2.75, 3.05) is 0 Å². The van der Waals surface area contributed by atoms with Gasteiger partial charge in [-0.05, 0) is 56.8 Å². The van der Waals surface area contributed by atoms with E-state index in [1.165, 1.54) is 12.8 Å². The third kappa shape index (κ3) is 3.10. The SMILES string of the molecule is Cc1cc(=O)c(C2CCC(C(C)(C)C)CC2)c(C)[nH]1. The molecule has 0 bridgehead atoms. The minimum Gasteiger partial charge on any atom is -0.362 e. The van der Waals surface area contributed by atoms with Crippen molar-refractivity contribution in [3.8, 4) is 0 Å². The Morgan fingerprint density at radius 2 is 1.68 bits per heavy atom. The van der Waals surface area contributed by atoms with Gasteiger partial charge in [-0.1, -0.05) is 20.8 Å². The van der Waals surface area contributed by atoms with Crippen LogP contribution in [0.5, 0.6) is 0 Å². The van der Waals surface area contributed by atoms with Gasteiger partial charge >= 0.3 is 0 Å². The number of hydrogen-bond acceptors (Lipinski definition) is 1. The molecule has 0 amide bonds. The summed E-state index contributed by atoms with van der Waals surface area (Å²) in [6, 6.07) is 1.75. The molecule has 106 valence electrons. The zero-order valence-electron chi connectivity index (χ0n) is 13.0. The van der Waals surface area contributed by atoms with Crippen LogP contribution in [0.2, 0.25) is 0 Å². The Bertz CT molecular complexity index is 499. The normalized spacial score (nSPS) is 24.5. The van der Waals surface area contributed by atoms with Crippen molar-refractivity contribution in [3.63, 3.8) is 0 Å². The monoisotopic (exact) mass is 261 g/mol. The number of pyridine rings is 1. The highest BCUT2D eigenvalue weighted by atomic mass is 16.1. The second kappa shape index (κ2) is 5.15. The number of aryl methyl sites for hydroxylation is 2. The molecule has 0 saturated heterocycles. The summed E-state index contributed by atoms with van der Waals surface area (Å²) in [6.07, 6.45) is 4.83. The smallest absolute Gasteiger partial charge is 0.185 e. The molecule has 0 aliphatic heterocycles. The summed E-state index contributed by atoms with van der Waals surface area (Å²) in [4.78, 5) is 15.5. The fourth-order valence-electron chi connectivity index (χ4n) is 3.61. The highest BCUT2D eigenvalue weighted by Crippen LogP contribution is 2.42. The molecule has 1 saturated carbocycles. The predicted octanol–water partition coefficient (Wildman–Crippen LogP) is 4.31. The Balaban J connectivity index is 2.17. The molecule has 1 N–H and O–H groups in total. The molecule has 1 aliphatic rings. The lowest BCUT2D eigenvalue weighted by atomic mass is 9.68. The van der Waals surface area contributed by atoms with Gasteiger partial charge in [0, 0.05) is 23.0 Å². The number of H-pyrrole nitrogens is 1. The number of nitrogens with one attached hydrogen (secondary N) is 1. The number of rotatable bonds is 1. The molecule has 0 aromatic carbocycles. The predicted molar refractivity (Wildman–Crippen MR) is 80.7 cm³/mol. The molecule has 1 aliphatic carbocycles. The molecule has 1 aromatic rings. The van der Waals surface area contributed by atoms with E-state index in [1.807, 2.05) is 13.8 Å². The Labute approximate surface area is 116 Å². The molecule has 19 heavy (non-hydrogen) atoms. The van der Waals surface area contributed by atoms with Crippen molar-refractivity contribution in [2.45, 2.75) is 66.2 Å². The molecule has 0 radical (unpaired) electrons. The molecule has 2 nitrogen and oxygen atoms in total. The first-order chi connectivity index (χ1) is 8.79. The van der Waals surface area contributed by atoms with E-state index in [0.717, 1.165) is 35.7 Å². The second-order valence-electron chi connectivity index (χ2n) is 7.27. The van der Waals surface area contributed by atoms with E-state index in [-0.39, 0.29) is 5.43 Å². The average Bonchev–Trinajstić information content (AvgIpc) is 2.27. The molecule has 0 unspecified atom stereocenters.